The van der Waals surface area contributed by atoms with Crippen LogP contribution in [0.4, 0.5) is 14.5 Å². The molecule has 2 aromatic rings. The highest BCUT2D eigenvalue weighted by Gasteiger charge is 2.33. The van der Waals surface area contributed by atoms with E-state index in [1.165, 1.54) is 24.6 Å². The Bertz CT molecular complexity index is 1000. The lowest BCUT2D eigenvalue weighted by Crippen LogP contribution is -2.53. The number of benzene rings is 2. The third kappa shape index (κ3) is 7.00. The first kappa shape index (κ1) is 26.1. The fourth-order valence-electron chi connectivity index (χ4n) is 4.69. The summed E-state index contributed by atoms with van der Waals surface area (Å²) in [4.78, 5) is 11.8. The van der Waals surface area contributed by atoms with E-state index in [1.807, 2.05) is 0 Å². The first-order valence-electron chi connectivity index (χ1n) is 11.9. The lowest BCUT2D eigenvalue weighted by molar-refractivity contribution is -0.120. The van der Waals surface area contributed by atoms with Crippen molar-refractivity contribution in [3.05, 3.63) is 64.7 Å². The normalized spacial score (nSPS) is 19.6. The van der Waals surface area contributed by atoms with Gasteiger partial charge in [-0.15, -0.1) is 0 Å². The molecule has 0 unspecified atom stereocenters. The molecule has 0 bridgehead atoms. The van der Waals surface area contributed by atoms with Crippen molar-refractivity contribution in [1.82, 2.24) is 10.6 Å². The van der Waals surface area contributed by atoms with E-state index in [2.05, 4.69) is 61.8 Å². The van der Waals surface area contributed by atoms with Crippen LogP contribution in [0.3, 0.4) is 0 Å². The SMILES string of the molecule is CC(=O)N[C@@H](Cc1cc(F)cc(F)c1)[C@@H](O)CN[C@@]1(C)CCNc2ccc(CC(C)(C)C)cc21. The molecule has 0 saturated heterocycles. The molecule has 2 aromatic carbocycles. The van der Waals surface area contributed by atoms with Crippen molar-refractivity contribution in [3.63, 3.8) is 0 Å². The van der Waals surface area contributed by atoms with Crippen molar-refractivity contribution in [2.45, 2.75) is 71.6 Å². The second-order valence-corrected chi connectivity index (χ2v) is 10.9. The summed E-state index contributed by atoms with van der Waals surface area (Å²) in [5, 5.41) is 20.7. The zero-order valence-corrected chi connectivity index (χ0v) is 20.8. The predicted molar refractivity (Wildman–Crippen MR) is 132 cm³/mol. The molecule has 1 heterocycles. The second kappa shape index (κ2) is 10.4. The minimum atomic E-state index is -0.955. The van der Waals surface area contributed by atoms with Crippen LogP contribution < -0.4 is 16.0 Å². The van der Waals surface area contributed by atoms with Crippen LogP contribution in [0.2, 0.25) is 0 Å². The number of fused-ring (bicyclic) bond motifs is 1. The number of amides is 1. The van der Waals surface area contributed by atoms with Crippen molar-refractivity contribution < 1.29 is 18.7 Å². The number of aliphatic hydroxyl groups excluding tert-OH is 1. The monoisotopic (exact) mass is 473 g/mol. The first-order chi connectivity index (χ1) is 15.8. The number of nitrogens with one attached hydrogen (secondary N) is 3. The van der Waals surface area contributed by atoms with Crippen molar-refractivity contribution >= 4 is 11.6 Å². The summed E-state index contributed by atoms with van der Waals surface area (Å²) in [5.41, 5.74) is 3.64. The summed E-state index contributed by atoms with van der Waals surface area (Å²) in [6.45, 7) is 11.1. The molecule has 7 heteroatoms. The van der Waals surface area contributed by atoms with Crippen molar-refractivity contribution in [1.29, 1.82) is 0 Å². The molecular weight excluding hydrogens is 436 g/mol. The van der Waals surface area contributed by atoms with Gasteiger partial charge in [0.2, 0.25) is 5.91 Å². The second-order valence-electron chi connectivity index (χ2n) is 10.9. The van der Waals surface area contributed by atoms with Crippen LogP contribution in [0.5, 0.6) is 0 Å². The minimum Gasteiger partial charge on any atom is -0.390 e. The van der Waals surface area contributed by atoms with Gasteiger partial charge in [-0.2, -0.15) is 0 Å². The quantitative estimate of drug-likeness (QED) is 0.462. The zero-order valence-electron chi connectivity index (χ0n) is 20.8. The van der Waals surface area contributed by atoms with Gasteiger partial charge < -0.3 is 21.1 Å². The van der Waals surface area contributed by atoms with Gasteiger partial charge in [0, 0.05) is 37.3 Å². The third-order valence-electron chi connectivity index (χ3n) is 6.29. The maximum Gasteiger partial charge on any atom is 0.217 e. The molecule has 186 valence electrons. The number of carbonyl (C=O) groups is 1. The largest absolute Gasteiger partial charge is 0.390 e. The molecule has 3 atom stereocenters. The fourth-order valence-corrected chi connectivity index (χ4v) is 4.69. The van der Waals surface area contributed by atoms with Crippen LogP contribution in [0.25, 0.3) is 0 Å². The number of hydrogen-bond donors (Lipinski definition) is 4. The van der Waals surface area contributed by atoms with Gasteiger partial charge in [0.15, 0.2) is 0 Å². The van der Waals surface area contributed by atoms with Gasteiger partial charge in [-0.25, -0.2) is 8.78 Å². The van der Waals surface area contributed by atoms with E-state index in [4.69, 9.17) is 0 Å². The number of hydrogen-bond acceptors (Lipinski definition) is 4. The Balaban J connectivity index is 1.76. The van der Waals surface area contributed by atoms with E-state index in [1.54, 1.807) is 0 Å². The molecule has 34 heavy (non-hydrogen) atoms. The topological polar surface area (TPSA) is 73.4 Å². The Hall–Kier alpha value is -2.51. The van der Waals surface area contributed by atoms with Crippen LogP contribution in [0.1, 0.15) is 57.7 Å². The molecule has 0 saturated carbocycles. The number of carbonyl (C=O) groups excluding carboxylic acids is 1. The average Bonchev–Trinajstić information content (AvgIpc) is 2.70. The molecule has 1 amide bonds. The molecule has 1 aliphatic heterocycles. The van der Waals surface area contributed by atoms with E-state index >= 15 is 0 Å². The summed E-state index contributed by atoms with van der Waals surface area (Å²) in [6.07, 6.45) is 0.935. The Morgan fingerprint density at radius 3 is 2.44 bits per heavy atom. The summed E-state index contributed by atoms with van der Waals surface area (Å²) in [5.74, 6) is -1.69. The maximum absolute atomic E-state index is 13.7. The van der Waals surface area contributed by atoms with E-state index in [9.17, 15) is 18.7 Å². The summed E-state index contributed by atoms with van der Waals surface area (Å²) >= 11 is 0. The van der Waals surface area contributed by atoms with E-state index < -0.39 is 23.8 Å². The van der Waals surface area contributed by atoms with Gasteiger partial charge in [0.25, 0.3) is 0 Å². The molecule has 0 aromatic heterocycles. The van der Waals surface area contributed by atoms with Gasteiger partial charge in [-0.05, 0) is 66.5 Å². The van der Waals surface area contributed by atoms with Crippen LogP contribution in [-0.4, -0.2) is 36.2 Å². The van der Waals surface area contributed by atoms with Gasteiger partial charge in [0.1, 0.15) is 11.6 Å². The number of rotatable bonds is 8. The predicted octanol–water partition coefficient (Wildman–Crippen LogP) is 4.28. The van der Waals surface area contributed by atoms with Crippen LogP contribution >= 0.6 is 0 Å². The average molecular weight is 474 g/mol. The molecule has 1 aliphatic rings. The first-order valence-corrected chi connectivity index (χ1v) is 11.9. The standard InChI is InChI=1S/C27H37F2N3O2/c1-17(33)32-24(13-19-10-20(28)14-21(29)11-19)25(34)16-31-27(5)8-9-30-23-7-6-18(12-22(23)27)15-26(2,3)4/h6-7,10-12,14,24-25,30-31,34H,8-9,13,15-16H2,1-5H3,(H,32,33)/t24-,25-,27-/m0/s1. The molecular formula is C27H37F2N3O2. The summed E-state index contributed by atoms with van der Waals surface area (Å²) in [7, 11) is 0. The molecule has 0 radical (unpaired) electrons. The molecule has 4 N–H and O–H groups in total. The molecule has 0 fully saturated rings. The van der Waals surface area contributed by atoms with Gasteiger partial charge in [-0.3, -0.25) is 4.79 Å². The molecule has 3 rings (SSSR count). The number of anilines is 1. The number of halogens is 2. The van der Waals surface area contributed by atoms with Crippen molar-refractivity contribution in [2.24, 2.45) is 5.41 Å². The van der Waals surface area contributed by atoms with E-state index in [0.717, 1.165) is 36.7 Å². The van der Waals surface area contributed by atoms with E-state index in [0.29, 0.717) is 5.56 Å². The smallest absolute Gasteiger partial charge is 0.217 e. The van der Waals surface area contributed by atoms with Gasteiger partial charge in [0.05, 0.1) is 12.1 Å². The molecule has 0 spiro atoms. The molecule has 0 aliphatic carbocycles. The minimum absolute atomic E-state index is 0.113. The Morgan fingerprint density at radius 1 is 1.15 bits per heavy atom. The summed E-state index contributed by atoms with van der Waals surface area (Å²) < 4.78 is 27.3. The lowest BCUT2D eigenvalue weighted by Gasteiger charge is -2.39. The highest BCUT2D eigenvalue weighted by atomic mass is 19.1. The molecule has 5 nitrogen and oxygen atoms in total. The van der Waals surface area contributed by atoms with E-state index in [-0.39, 0.29) is 29.8 Å². The lowest BCUT2D eigenvalue weighted by atomic mass is 9.81. The zero-order chi connectivity index (χ0) is 25.1. The summed E-state index contributed by atoms with van der Waals surface area (Å²) in [6, 6.07) is 9.06. The Labute approximate surface area is 201 Å². The maximum atomic E-state index is 13.7. The Morgan fingerprint density at radius 2 is 1.82 bits per heavy atom. The fraction of sp³-hybridized carbons (Fsp3) is 0.519. The number of aliphatic hydroxyl groups is 1. The van der Waals surface area contributed by atoms with Crippen molar-refractivity contribution in [2.75, 3.05) is 18.4 Å². The van der Waals surface area contributed by atoms with Crippen LogP contribution in [-0.2, 0) is 23.2 Å². The highest BCUT2D eigenvalue weighted by molar-refractivity contribution is 5.73. The highest BCUT2D eigenvalue weighted by Crippen LogP contribution is 2.36. The van der Waals surface area contributed by atoms with Gasteiger partial charge >= 0.3 is 0 Å². The van der Waals surface area contributed by atoms with Crippen molar-refractivity contribution in [3.8, 4) is 0 Å². The van der Waals surface area contributed by atoms with Crippen LogP contribution in [0, 0.1) is 17.0 Å². The van der Waals surface area contributed by atoms with Gasteiger partial charge in [-0.1, -0.05) is 32.9 Å². The Kier molecular flexibility index (Phi) is 7.98. The third-order valence-corrected chi connectivity index (χ3v) is 6.29. The van der Waals surface area contributed by atoms with Crippen LogP contribution in [0.15, 0.2) is 36.4 Å².